The summed E-state index contributed by atoms with van der Waals surface area (Å²) in [5, 5.41) is 9.52. The quantitative estimate of drug-likeness (QED) is 0.314. The number of aromatic hydroxyl groups is 1. The van der Waals surface area contributed by atoms with E-state index in [1.165, 1.54) is 33.8 Å². The van der Waals surface area contributed by atoms with Crippen molar-refractivity contribution in [3.63, 3.8) is 0 Å². The van der Waals surface area contributed by atoms with Crippen LogP contribution < -0.4 is 4.90 Å². The summed E-state index contributed by atoms with van der Waals surface area (Å²) in [7, 11) is 0. The van der Waals surface area contributed by atoms with E-state index in [0.29, 0.717) is 18.7 Å². The van der Waals surface area contributed by atoms with Crippen molar-refractivity contribution in [3.8, 4) is 5.75 Å². The molecule has 0 bridgehead atoms. The van der Waals surface area contributed by atoms with E-state index in [9.17, 15) is 19.1 Å². The maximum atomic E-state index is 13.9. The van der Waals surface area contributed by atoms with E-state index < -0.39 is 5.82 Å². The summed E-state index contributed by atoms with van der Waals surface area (Å²) in [4.78, 5) is 28.5. The van der Waals surface area contributed by atoms with Crippen LogP contribution in [0.15, 0.2) is 65.3 Å². The van der Waals surface area contributed by atoms with Crippen molar-refractivity contribution in [3.05, 3.63) is 76.6 Å². The Hall–Kier alpha value is -3.25. The lowest BCUT2D eigenvalue weighted by molar-refractivity contribution is -0.122. The molecule has 200 valence electrons. The van der Waals surface area contributed by atoms with Gasteiger partial charge in [0.2, 0.25) is 11.8 Å². The first-order valence-corrected chi connectivity index (χ1v) is 13.7. The lowest BCUT2D eigenvalue weighted by atomic mass is 9.67. The van der Waals surface area contributed by atoms with Crippen LogP contribution >= 0.6 is 0 Å². The zero-order valence-corrected chi connectivity index (χ0v) is 22.3. The molecule has 0 aromatic heterocycles. The summed E-state index contributed by atoms with van der Waals surface area (Å²) in [6.07, 6.45) is 5.94. The monoisotopic (exact) mass is 517 g/mol. The number of phenols is 1. The zero-order chi connectivity index (χ0) is 27.0. The third-order valence-corrected chi connectivity index (χ3v) is 8.30. The van der Waals surface area contributed by atoms with Crippen LogP contribution in [0.5, 0.6) is 5.75 Å². The molecule has 38 heavy (non-hydrogen) atoms. The second-order valence-electron chi connectivity index (χ2n) is 11.0. The van der Waals surface area contributed by atoms with Crippen molar-refractivity contribution in [1.82, 2.24) is 0 Å². The molecule has 3 aliphatic rings. The molecule has 0 saturated carbocycles. The molecule has 2 aromatic rings. The van der Waals surface area contributed by atoms with Gasteiger partial charge >= 0.3 is 0 Å². The summed E-state index contributed by atoms with van der Waals surface area (Å²) >= 11 is 0. The highest BCUT2D eigenvalue weighted by atomic mass is 19.1. The van der Waals surface area contributed by atoms with Gasteiger partial charge in [0.1, 0.15) is 0 Å². The Morgan fingerprint density at radius 3 is 2.55 bits per heavy atom. The number of ether oxygens (including phenoxy) is 1. The average Bonchev–Trinajstić information content (AvgIpc) is 3.43. The molecule has 4 atom stereocenters. The first kappa shape index (κ1) is 26.4. The van der Waals surface area contributed by atoms with E-state index >= 15 is 0 Å². The number of amides is 2. The summed E-state index contributed by atoms with van der Waals surface area (Å²) < 4.78 is 20.3. The van der Waals surface area contributed by atoms with Gasteiger partial charge in [-0.25, -0.2) is 4.39 Å². The summed E-state index contributed by atoms with van der Waals surface area (Å²) in [6.45, 7) is 6.89. The molecule has 2 heterocycles. The predicted octanol–water partition coefficient (Wildman–Crippen LogP) is 6.67. The summed E-state index contributed by atoms with van der Waals surface area (Å²) in [6, 6.07) is 13.7. The van der Waals surface area contributed by atoms with E-state index in [1.54, 1.807) is 6.07 Å². The van der Waals surface area contributed by atoms with Crippen molar-refractivity contribution in [2.45, 2.75) is 59.0 Å². The van der Waals surface area contributed by atoms with E-state index in [4.69, 9.17) is 4.74 Å². The Bertz CT molecular complexity index is 1280. The number of nitrogens with zero attached hydrogens (tertiary/aromatic N) is 1. The molecule has 1 N–H and O–H groups in total. The number of allylic oxidation sites excluding steroid dienone is 2. The fourth-order valence-electron chi connectivity index (χ4n) is 6.55. The molecule has 0 unspecified atom stereocenters. The van der Waals surface area contributed by atoms with E-state index in [0.717, 1.165) is 31.2 Å². The molecule has 2 amide bonds. The first-order chi connectivity index (χ1) is 18.3. The molecule has 2 saturated heterocycles. The van der Waals surface area contributed by atoms with Gasteiger partial charge in [-0.15, -0.1) is 0 Å². The first-order valence-electron chi connectivity index (χ1n) is 13.7. The maximum absolute atomic E-state index is 13.9. The van der Waals surface area contributed by atoms with Crippen molar-refractivity contribution in [2.24, 2.45) is 23.7 Å². The Morgan fingerprint density at radius 2 is 1.87 bits per heavy atom. The minimum atomic E-state index is -0.625. The highest BCUT2D eigenvalue weighted by Crippen LogP contribution is 2.52. The Labute approximate surface area is 224 Å². The van der Waals surface area contributed by atoms with Crippen molar-refractivity contribution < 1.29 is 23.8 Å². The van der Waals surface area contributed by atoms with Gasteiger partial charge in [-0.1, -0.05) is 68.7 Å². The van der Waals surface area contributed by atoms with E-state index in [-0.39, 0.29) is 47.3 Å². The maximum Gasteiger partial charge on any atom is 0.238 e. The van der Waals surface area contributed by atoms with Crippen molar-refractivity contribution in [2.75, 3.05) is 11.5 Å². The van der Waals surface area contributed by atoms with Gasteiger partial charge in [0.25, 0.3) is 0 Å². The number of phenolic OH excluding ortho intramolecular Hbond substituents is 1. The van der Waals surface area contributed by atoms with Gasteiger partial charge in [0, 0.05) is 5.92 Å². The highest BCUT2D eigenvalue weighted by Gasteiger charge is 2.57. The molecule has 6 heteroatoms. The van der Waals surface area contributed by atoms with Crippen molar-refractivity contribution >= 4 is 23.6 Å². The Balaban J connectivity index is 1.39. The van der Waals surface area contributed by atoms with E-state index in [2.05, 4.69) is 20.8 Å². The summed E-state index contributed by atoms with van der Waals surface area (Å²) in [5.41, 5.74) is 5.06. The van der Waals surface area contributed by atoms with E-state index in [1.807, 2.05) is 36.4 Å². The third-order valence-electron chi connectivity index (χ3n) is 8.30. The summed E-state index contributed by atoms with van der Waals surface area (Å²) in [5.74, 6) is -1.71. The smallest absolute Gasteiger partial charge is 0.238 e. The number of benzene rings is 2. The molecule has 2 fully saturated rings. The minimum Gasteiger partial charge on any atom is -0.505 e. The van der Waals surface area contributed by atoms with Gasteiger partial charge in [-0.05, 0) is 67.0 Å². The largest absolute Gasteiger partial charge is 0.505 e. The molecular weight excluding hydrogens is 481 g/mol. The van der Waals surface area contributed by atoms with Crippen LogP contribution in [0.25, 0.3) is 6.08 Å². The molecule has 5 nitrogen and oxygen atoms in total. The van der Waals surface area contributed by atoms with Crippen LogP contribution in [0, 0.1) is 29.5 Å². The van der Waals surface area contributed by atoms with Gasteiger partial charge in [-0.2, -0.15) is 0 Å². The van der Waals surface area contributed by atoms with Crippen LogP contribution in [0.3, 0.4) is 0 Å². The SMILES string of the molecule is CCC/C(=C\c1ccc(O)c(F)c1)CC[C@H]1OC[C@H]2C1=C(C(C)C)C[C@H]1C(=O)N(c3ccccc3)C(=O)[C@H]12. The fraction of sp³-hybridized carbons (Fsp3) is 0.438. The third kappa shape index (κ3) is 4.82. The number of para-hydroxylation sites is 1. The van der Waals surface area contributed by atoms with Crippen molar-refractivity contribution in [1.29, 1.82) is 0 Å². The normalized spacial score (nSPS) is 25.4. The molecule has 2 aliphatic heterocycles. The Kier molecular flexibility index (Phi) is 7.53. The number of fused-ring (bicyclic) bond motifs is 3. The second-order valence-corrected chi connectivity index (χ2v) is 11.0. The molecule has 1 aliphatic carbocycles. The number of halogens is 1. The second kappa shape index (κ2) is 10.9. The topological polar surface area (TPSA) is 66.8 Å². The van der Waals surface area contributed by atoms with Crippen LogP contribution in [-0.4, -0.2) is 29.6 Å². The number of hydrogen-bond donors (Lipinski definition) is 1. The van der Waals surface area contributed by atoms with Gasteiger partial charge < -0.3 is 9.84 Å². The number of rotatable bonds is 8. The predicted molar refractivity (Wildman–Crippen MR) is 146 cm³/mol. The standard InChI is InChI=1S/C32H36FNO4/c1-4-8-20(15-21-11-13-27(35)26(33)16-21)12-14-28-29-23(19(2)3)17-24-30(25(29)18-38-28)32(37)34(31(24)36)22-9-6-5-7-10-22/h5-7,9-11,13,15-16,19,24-25,28,30,35H,4,8,12,14,17-18H2,1-3H3/b20-15+/t24-,25+,28-,30-/m1/s1. The number of anilines is 1. The fourth-order valence-corrected chi connectivity index (χ4v) is 6.55. The molecule has 2 aromatic carbocycles. The van der Waals surface area contributed by atoms with Gasteiger partial charge in [0.05, 0.1) is 30.2 Å². The van der Waals surface area contributed by atoms with Crippen LogP contribution in [0.1, 0.15) is 58.4 Å². The van der Waals surface area contributed by atoms with Crippen LogP contribution in [0.2, 0.25) is 0 Å². The molecule has 0 spiro atoms. The van der Waals surface area contributed by atoms with Crippen LogP contribution in [-0.2, 0) is 14.3 Å². The molecule has 0 radical (unpaired) electrons. The number of carbonyl (C=O) groups is 2. The average molecular weight is 518 g/mol. The molecular formula is C32H36FNO4. The van der Waals surface area contributed by atoms with Gasteiger partial charge in [-0.3, -0.25) is 14.5 Å². The zero-order valence-electron chi connectivity index (χ0n) is 22.3. The molecule has 5 rings (SSSR count). The van der Waals surface area contributed by atoms with Crippen LogP contribution in [0.4, 0.5) is 10.1 Å². The highest BCUT2D eigenvalue weighted by molar-refractivity contribution is 6.22. The van der Waals surface area contributed by atoms with Gasteiger partial charge in [0.15, 0.2) is 11.6 Å². The lowest BCUT2D eigenvalue weighted by Gasteiger charge is -2.33. The minimum absolute atomic E-state index is 0.0777. The number of hydrogen-bond acceptors (Lipinski definition) is 4. The number of imide groups is 1. The lowest BCUT2D eigenvalue weighted by Crippen LogP contribution is -2.35. The number of carbonyl (C=O) groups excluding carboxylic acids is 2. The Morgan fingerprint density at radius 1 is 1.11 bits per heavy atom.